The maximum atomic E-state index is 11.4. The van der Waals surface area contributed by atoms with Crippen molar-refractivity contribution in [3.05, 3.63) is 34.5 Å². The molecule has 0 atom stereocenters. The van der Waals surface area contributed by atoms with E-state index in [-0.39, 0.29) is 5.69 Å². The molecule has 5 heteroatoms. The van der Waals surface area contributed by atoms with Crippen molar-refractivity contribution >= 4 is 5.97 Å². The molecule has 1 aromatic carbocycles. The standard InChI is InChI=1S/C15H16N2O3/c1-8-4-5-11-12-10(6-7-20-14(11)9(8)2)13(15(18)19)17(3)16-12/h4-5H,6-7H2,1-3H3,(H,18,19). The second-order valence-corrected chi connectivity index (χ2v) is 5.09. The smallest absolute Gasteiger partial charge is 0.354 e. The number of benzene rings is 1. The number of carboxylic acid groups (broad SMARTS) is 1. The van der Waals surface area contributed by atoms with Crippen LogP contribution in [0.5, 0.6) is 5.75 Å². The van der Waals surface area contributed by atoms with Crippen molar-refractivity contribution in [2.75, 3.05) is 6.61 Å². The highest BCUT2D eigenvalue weighted by Gasteiger charge is 2.27. The molecule has 104 valence electrons. The molecule has 1 aliphatic rings. The Morgan fingerprint density at radius 2 is 2.15 bits per heavy atom. The van der Waals surface area contributed by atoms with Crippen LogP contribution in [0.4, 0.5) is 0 Å². The molecule has 0 saturated heterocycles. The molecule has 0 bridgehead atoms. The Hall–Kier alpha value is -2.30. The third-order valence-electron chi connectivity index (χ3n) is 3.88. The second-order valence-electron chi connectivity index (χ2n) is 5.09. The van der Waals surface area contributed by atoms with Gasteiger partial charge in [0.05, 0.1) is 6.61 Å². The molecule has 0 amide bonds. The first-order chi connectivity index (χ1) is 9.50. The van der Waals surface area contributed by atoms with E-state index in [1.807, 2.05) is 26.0 Å². The van der Waals surface area contributed by atoms with E-state index in [2.05, 4.69) is 5.10 Å². The molecule has 0 unspecified atom stereocenters. The summed E-state index contributed by atoms with van der Waals surface area (Å²) in [5.41, 5.74) is 4.83. The molecule has 3 rings (SSSR count). The molecule has 5 nitrogen and oxygen atoms in total. The molecule has 0 aliphatic carbocycles. The fourth-order valence-electron chi connectivity index (χ4n) is 2.71. The third kappa shape index (κ3) is 1.70. The Balaban J connectivity index is 2.31. The van der Waals surface area contributed by atoms with E-state index in [0.29, 0.717) is 13.0 Å². The van der Waals surface area contributed by atoms with Crippen LogP contribution >= 0.6 is 0 Å². The number of fused-ring (bicyclic) bond motifs is 3. The second kappa shape index (κ2) is 4.37. The van der Waals surface area contributed by atoms with Crippen LogP contribution in [0.1, 0.15) is 27.2 Å². The van der Waals surface area contributed by atoms with Gasteiger partial charge < -0.3 is 9.84 Å². The minimum Gasteiger partial charge on any atom is -0.492 e. The largest absolute Gasteiger partial charge is 0.492 e. The average Bonchev–Trinajstić information content (AvgIpc) is 2.61. The summed E-state index contributed by atoms with van der Waals surface area (Å²) in [6, 6.07) is 3.97. The Bertz CT molecular complexity index is 716. The fourth-order valence-corrected chi connectivity index (χ4v) is 2.71. The van der Waals surface area contributed by atoms with Crippen LogP contribution in [-0.2, 0) is 13.5 Å². The normalized spacial score (nSPS) is 13.2. The predicted octanol–water partition coefficient (Wildman–Crippen LogP) is 2.34. The Kier molecular flexibility index (Phi) is 2.78. The summed E-state index contributed by atoms with van der Waals surface area (Å²) in [7, 11) is 1.67. The van der Waals surface area contributed by atoms with Crippen LogP contribution in [0, 0.1) is 13.8 Å². The van der Waals surface area contributed by atoms with Gasteiger partial charge in [-0.2, -0.15) is 5.10 Å². The van der Waals surface area contributed by atoms with Crippen molar-refractivity contribution in [3.63, 3.8) is 0 Å². The number of aromatic carboxylic acids is 1. The number of rotatable bonds is 1. The van der Waals surface area contributed by atoms with E-state index in [1.54, 1.807) is 7.05 Å². The van der Waals surface area contributed by atoms with Gasteiger partial charge in [0.25, 0.3) is 0 Å². The molecular weight excluding hydrogens is 256 g/mol. The number of hydrogen-bond donors (Lipinski definition) is 1. The third-order valence-corrected chi connectivity index (χ3v) is 3.88. The maximum absolute atomic E-state index is 11.4. The molecule has 0 fully saturated rings. The Morgan fingerprint density at radius 1 is 1.40 bits per heavy atom. The van der Waals surface area contributed by atoms with E-state index in [0.717, 1.165) is 33.7 Å². The summed E-state index contributed by atoms with van der Waals surface area (Å²) in [5, 5.41) is 13.7. The molecule has 1 aromatic heterocycles. The molecule has 20 heavy (non-hydrogen) atoms. The van der Waals surface area contributed by atoms with Crippen LogP contribution in [0.2, 0.25) is 0 Å². The fraction of sp³-hybridized carbons (Fsp3) is 0.333. The highest BCUT2D eigenvalue weighted by atomic mass is 16.5. The number of ether oxygens (including phenoxy) is 1. The van der Waals surface area contributed by atoms with Crippen LogP contribution in [0.25, 0.3) is 11.3 Å². The first-order valence-corrected chi connectivity index (χ1v) is 6.53. The quantitative estimate of drug-likeness (QED) is 0.865. The SMILES string of the molecule is Cc1ccc2c(c1C)OCCc1c-2nn(C)c1C(=O)O. The summed E-state index contributed by atoms with van der Waals surface area (Å²) < 4.78 is 7.28. The number of hydrogen-bond acceptors (Lipinski definition) is 3. The zero-order valence-corrected chi connectivity index (χ0v) is 11.7. The number of aryl methyl sites for hydroxylation is 2. The van der Waals surface area contributed by atoms with E-state index in [1.165, 1.54) is 4.68 Å². The summed E-state index contributed by atoms with van der Waals surface area (Å²) >= 11 is 0. The van der Waals surface area contributed by atoms with E-state index in [4.69, 9.17) is 4.74 Å². The van der Waals surface area contributed by atoms with Crippen LogP contribution in [0.3, 0.4) is 0 Å². The molecule has 1 aliphatic heterocycles. The minimum absolute atomic E-state index is 0.245. The molecule has 0 radical (unpaired) electrons. The molecule has 0 saturated carbocycles. The van der Waals surface area contributed by atoms with E-state index >= 15 is 0 Å². The number of aromatic nitrogens is 2. The van der Waals surface area contributed by atoms with E-state index < -0.39 is 5.97 Å². The Labute approximate surface area is 116 Å². The van der Waals surface area contributed by atoms with E-state index in [9.17, 15) is 9.90 Å². The first kappa shape index (κ1) is 12.7. The van der Waals surface area contributed by atoms with Crippen molar-refractivity contribution in [1.29, 1.82) is 0 Å². The lowest BCUT2D eigenvalue weighted by Gasteiger charge is -2.12. The summed E-state index contributed by atoms with van der Waals surface area (Å²) in [4.78, 5) is 11.4. The highest BCUT2D eigenvalue weighted by molar-refractivity contribution is 5.91. The van der Waals surface area contributed by atoms with Gasteiger partial charge >= 0.3 is 5.97 Å². The molecular formula is C15H16N2O3. The number of nitrogens with zero attached hydrogens (tertiary/aromatic N) is 2. The van der Waals surface area contributed by atoms with Gasteiger partial charge in [-0.25, -0.2) is 4.79 Å². The van der Waals surface area contributed by atoms with Gasteiger partial charge in [-0.05, 0) is 31.0 Å². The van der Waals surface area contributed by atoms with Gasteiger partial charge in [-0.3, -0.25) is 4.68 Å². The summed E-state index contributed by atoms with van der Waals surface area (Å²) in [6.45, 7) is 4.52. The summed E-state index contributed by atoms with van der Waals surface area (Å²) in [6.07, 6.45) is 0.554. The molecule has 1 N–H and O–H groups in total. The van der Waals surface area contributed by atoms with Gasteiger partial charge in [-0.15, -0.1) is 0 Å². The minimum atomic E-state index is -0.950. The monoisotopic (exact) mass is 272 g/mol. The predicted molar refractivity (Wildman–Crippen MR) is 74.3 cm³/mol. The van der Waals surface area contributed by atoms with Gasteiger partial charge in [0.15, 0.2) is 0 Å². The highest BCUT2D eigenvalue weighted by Crippen LogP contribution is 2.38. The lowest BCUT2D eigenvalue weighted by molar-refractivity contribution is 0.0683. The van der Waals surface area contributed by atoms with Gasteiger partial charge in [0, 0.05) is 24.6 Å². The van der Waals surface area contributed by atoms with Crippen LogP contribution in [-0.4, -0.2) is 27.5 Å². The lowest BCUT2D eigenvalue weighted by Crippen LogP contribution is -2.10. The van der Waals surface area contributed by atoms with Crippen LogP contribution in [0.15, 0.2) is 12.1 Å². The maximum Gasteiger partial charge on any atom is 0.354 e. The van der Waals surface area contributed by atoms with Crippen molar-refractivity contribution in [2.24, 2.45) is 7.05 Å². The zero-order valence-electron chi connectivity index (χ0n) is 11.7. The topological polar surface area (TPSA) is 64.4 Å². The van der Waals surface area contributed by atoms with Gasteiger partial charge in [0.1, 0.15) is 17.1 Å². The first-order valence-electron chi connectivity index (χ1n) is 6.53. The number of carboxylic acids is 1. The molecule has 2 aromatic rings. The van der Waals surface area contributed by atoms with Crippen molar-refractivity contribution in [2.45, 2.75) is 20.3 Å². The average molecular weight is 272 g/mol. The van der Waals surface area contributed by atoms with Crippen molar-refractivity contribution in [1.82, 2.24) is 9.78 Å². The molecule has 0 spiro atoms. The van der Waals surface area contributed by atoms with Crippen molar-refractivity contribution in [3.8, 4) is 17.0 Å². The molecule has 2 heterocycles. The van der Waals surface area contributed by atoms with Crippen LogP contribution < -0.4 is 4.74 Å². The Morgan fingerprint density at radius 3 is 2.85 bits per heavy atom. The number of carbonyl (C=O) groups is 1. The lowest BCUT2D eigenvalue weighted by atomic mass is 9.99. The summed E-state index contributed by atoms with van der Waals surface area (Å²) in [5.74, 6) is -0.132. The van der Waals surface area contributed by atoms with Gasteiger partial charge in [-0.1, -0.05) is 6.07 Å². The van der Waals surface area contributed by atoms with Crippen molar-refractivity contribution < 1.29 is 14.6 Å². The van der Waals surface area contributed by atoms with Gasteiger partial charge in [0.2, 0.25) is 0 Å². The zero-order chi connectivity index (χ0) is 14.4.